The Morgan fingerprint density at radius 1 is 1.08 bits per heavy atom. The van der Waals surface area contributed by atoms with Gasteiger partial charge in [0.2, 0.25) is 10.0 Å². The summed E-state index contributed by atoms with van der Waals surface area (Å²) in [4.78, 5) is 17.2. The van der Waals surface area contributed by atoms with E-state index in [1.807, 2.05) is 0 Å². The molecule has 1 amide bonds. The van der Waals surface area contributed by atoms with E-state index in [4.69, 9.17) is 9.47 Å². The predicted octanol–water partition coefficient (Wildman–Crippen LogP) is 1.02. The van der Waals surface area contributed by atoms with Gasteiger partial charge in [-0.3, -0.25) is 4.79 Å². The number of aromatic amines is 1. The van der Waals surface area contributed by atoms with Crippen LogP contribution in [-0.2, 0) is 19.5 Å². The van der Waals surface area contributed by atoms with Crippen LogP contribution < -0.4 is 0 Å². The molecule has 4 rings (SSSR count). The van der Waals surface area contributed by atoms with Crippen LogP contribution in [-0.4, -0.2) is 74.2 Å². The minimum absolute atomic E-state index is 0.127. The van der Waals surface area contributed by atoms with Gasteiger partial charge in [-0.1, -0.05) is 0 Å². The zero-order valence-corrected chi connectivity index (χ0v) is 15.5. The molecule has 4 heterocycles. The van der Waals surface area contributed by atoms with Gasteiger partial charge in [0.05, 0.1) is 13.2 Å². The maximum absolute atomic E-state index is 12.9. The van der Waals surface area contributed by atoms with Gasteiger partial charge in [-0.05, 0) is 31.7 Å². The second-order valence-electron chi connectivity index (χ2n) is 7.10. The molecule has 1 aromatic rings. The van der Waals surface area contributed by atoms with Crippen molar-refractivity contribution in [3.05, 3.63) is 18.0 Å². The van der Waals surface area contributed by atoms with E-state index in [-0.39, 0.29) is 23.0 Å². The van der Waals surface area contributed by atoms with Crippen molar-refractivity contribution in [3.63, 3.8) is 0 Å². The molecule has 0 saturated carbocycles. The molecule has 0 radical (unpaired) electrons. The number of carbonyl (C=O) groups is 1. The smallest absolute Gasteiger partial charge is 0.270 e. The van der Waals surface area contributed by atoms with Gasteiger partial charge in [-0.2, -0.15) is 4.31 Å². The number of nitrogens with one attached hydrogen (secondary N) is 1. The van der Waals surface area contributed by atoms with E-state index in [1.165, 1.54) is 16.6 Å². The highest BCUT2D eigenvalue weighted by Gasteiger charge is 2.35. The van der Waals surface area contributed by atoms with Crippen LogP contribution in [0.4, 0.5) is 0 Å². The molecular formula is C17H25N3O5S. The van der Waals surface area contributed by atoms with Gasteiger partial charge >= 0.3 is 0 Å². The fraction of sp³-hybridized carbons (Fsp3) is 0.706. The topological polar surface area (TPSA) is 91.9 Å². The Morgan fingerprint density at radius 3 is 2.38 bits per heavy atom. The van der Waals surface area contributed by atoms with E-state index in [1.54, 1.807) is 4.90 Å². The third kappa shape index (κ3) is 3.40. The van der Waals surface area contributed by atoms with E-state index in [2.05, 4.69) is 4.98 Å². The largest absolute Gasteiger partial charge is 0.356 e. The summed E-state index contributed by atoms with van der Waals surface area (Å²) in [6, 6.07) is 1.46. The highest BCUT2D eigenvalue weighted by atomic mass is 32.2. The molecule has 0 spiro atoms. The zero-order chi connectivity index (χ0) is 18.1. The minimum atomic E-state index is -3.60. The van der Waals surface area contributed by atoms with Crippen molar-refractivity contribution in [2.24, 2.45) is 5.92 Å². The van der Waals surface area contributed by atoms with Crippen molar-refractivity contribution >= 4 is 15.9 Å². The molecule has 0 atom stereocenters. The van der Waals surface area contributed by atoms with E-state index in [0.717, 1.165) is 25.9 Å². The number of hydrogen-bond donors (Lipinski definition) is 1. The summed E-state index contributed by atoms with van der Waals surface area (Å²) in [7, 11) is -3.60. The van der Waals surface area contributed by atoms with Gasteiger partial charge in [0, 0.05) is 38.3 Å². The van der Waals surface area contributed by atoms with Crippen LogP contribution in [0.2, 0.25) is 0 Å². The Labute approximate surface area is 153 Å². The van der Waals surface area contributed by atoms with Gasteiger partial charge in [-0.25, -0.2) is 8.42 Å². The average molecular weight is 383 g/mol. The normalized spacial score (nSPS) is 23.8. The number of piperidine rings is 1. The molecule has 1 aromatic heterocycles. The van der Waals surface area contributed by atoms with E-state index in [0.29, 0.717) is 44.8 Å². The van der Waals surface area contributed by atoms with Crippen LogP contribution in [0.3, 0.4) is 0 Å². The lowest BCUT2D eigenvalue weighted by Gasteiger charge is -2.32. The Kier molecular flexibility index (Phi) is 5.05. The molecule has 3 aliphatic heterocycles. The fourth-order valence-electron chi connectivity index (χ4n) is 3.92. The summed E-state index contributed by atoms with van der Waals surface area (Å²) < 4.78 is 38.4. The number of aromatic nitrogens is 1. The molecule has 3 saturated heterocycles. The van der Waals surface area contributed by atoms with Crippen molar-refractivity contribution < 1.29 is 22.7 Å². The maximum atomic E-state index is 12.9. The zero-order valence-electron chi connectivity index (χ0n) is 14.7. The SMILES string of the molecule is O=C(c1cc(S(=O)(=O)N2CCC(C3OCCO3)CC2)c[nH]1)N1CCCC1. The molecule has 8 nitrogen and oxygen atoms in total. The molecule has 144 valence electrons. The highest BCUT2D eigenvalue weighted by Crippen LogP contribution is 2.29. The first kappa shape index (κ1) is 18.0. The van der Waals surface area contributed by atoms with E-state index in [9.17, 15) is 13.2 Å². The number of rotatable bonds is 4. The van der Waals surface area contributed by atoms with Crippen molar-refractivity contribution in [2.75, 3.05) is 39.4 Å². The van der Waals surface area contributed by atoms with Gasteiger partial charge in [0.25, 0.3) is 5.91 Å². The van der Waals surface area contributed by atoms with E-state index >= 15 is 0 Å². The summed E-state index contributed by atoms with van der Waals surface area (Å²) in [5.74, 6) is 0.112. The molecular weight excluding hydrogens is 358 g/mol. The number of amides is 1. The van der Waals surface area contributed by atoms with Crippen molar-refractivity contribution in [1.29, 1.82) is 0 Å². The van der Waals surface area contributed by atoms with Crippen LogP contribution in [0, 0.1) is 5.92 Å². The second-order valence-corrected chi connectivity index (χ2v) is 9.04. The second kappa shape index (κ2) is 7.30. The number of likely N-dealkylation sites (tertiary alicyclic amines) is 1. The Balaban J connectivity index is 1.41. The summed E-state index contributed by atoms with van der Waals surface area (Å²) >= 11 is 0. The number of sulfonamides is 1. The van der Waals surface area contributed by atoms with Crippen molar-refractivity contribution in [3.8, 4) is 0 Å². The maximum Gasteiger partial charge on any atom is 0.270 e. The minimum Gasteiger partial charge on any atom is -0.356 e. The first-order valence-electron chi connectivity index (χ1n) is 9.27. The number of H-pyrrole nitrogens is 1. The summed E-state index contributed by atoms with van der Waals surface area (Å²) in [5, 5.41) is 0. The lowest BCUT2D eigenvalue weighted by Crippen LogP contribution is -2.41. The van der Waals surface area contributed by atoms with Crippen LogP contribution in [0.25, 0.3) is 0 Å². The molecule has 1 N–H and O–H groups in total. The molecule has 3 fully saturated rings. The molecule has 9 heteroatoms. The first-order chi connectivity index (χ1) is 12.6. The van der Waals surface area contributed by atoms with Gasteiger partial charge in [0.15, 0.2) is 6.29 Å². The number of hydrogen-bond acceptors (Lipinski definition) is 5. The fourth-order valence-corrected chi connectivity index (χ4v) is 5.39. The average Bonchev–Trinajstić information content (AvgIpc) is 3.44. The standard InChI is InChI=1S/C17H25N3O5S/c21-16(19-5-1-2-6-19)15-11-14(12-18-15)26(22,23)20-7-3-13(4-8-20)17-24-9-10-25-17/h11-13,17-18H,1-10H2. The number of carbonyl (C=O) groups excluding carboxylic acids is 1. The summed E-state index contributed by atoms with van der Waals surface area (Å²) in [6.45, 7) is 3.58. The molecule has 0 aliphatic carbocycles. The molecule has 0 bridgehead atoms. The monoisotopic (exact) mass is 383 g/mol. The third-order valence-corrected chi connectivity index (χ3v) is 7.33. The Morgan fingerprint density at radius 2 is 1.73 bits per heavy atom. The first-order valence-corrected chi connectivity index (χ1v) is 10.7. The molecule has 0 unspecified atom stereocenters. The Bertz CT molecular complexity index is 742. The quantitative estimate of drug-likeness (QED) is 0.838. The summed E-state index contributed by atoms with van der Waals surface area (Å²) in [5.41, 5.74) is 0.341. The molecule has 3 aliphatic rings. The van der Waals surface area contributed by atoms with Crippen molar-refractivity contribution in [2.45, 2.75) is 36.9 Å². The van der Waals surface area contributed by atoms with Gasteiger partial charge in [-0.15, -0.1) is 0 Å². The summed E-state index contributed by atoms with van der Waals surface area (Å²) in [6.07, 6.45) is 4.66. The van der Waals surface area contributed by atoms with Gasteiger partial charge in [0.1, 0.15) is 10.6 Å². The van der Waals surface area contributed by atoms with Crippen LogP contribution in [0.1, 0.15) is 36.2 Å². The van der Waals surface area contributed by atoms with Crippen LogP contribution in [0.5, 0.6) is 0 Å². The number of ether oxygens (including phenoxy) is 2. The van der Waals surface area contributed by atoms with Crippen LogP contribution in [0.15, 0.2) is 17.2 Å². The predicted molar refractivity (Wildman–Crippen MR) is 93.1 cm³/mol. The molecule has 26 heavy (non-hydrogen) atoms. The lowest BCUT2D eigenvalue weighted by molar-refractivity contribution is -0.0938. The van der Waals surface area contributed by atoms with Crippen LogP contribution >= 0.6 is 0 Å². The lowest BCUT2D eigenvalue weighted by atomic mass is 9.98. The number of nitrogens with zero attached hydrogens (tertiary/aromatic N) is 2. The van der Waals surface area contributed by atoms with E-state index < -0.39 is 10.0 Å². The van der Waals surface area contributed by atoms with Crippen molar-refractivity contribution in [1.82, 2.24) is 14.2 Å². The Hall–Kier alpha value is -1.42. The highest BCUT2D eigenvalue weighted by molar-refractivity contribution is 7.89. The third-order valence-electron chi connectivity index (χ3n) is 5.45. The van der Waals surface area contributed by atoms with Gasteiger partial charge < -0.3 is 19.4 Å². The molecule has 0 aromatic carbocycles.